The summed E-state index contributed by atoms with van der Waals surface area (Å²) in [5.41, 5.74) is 1.01. The second-order valence-corrected chi connectivity index (χ2v) is 2.64. The second-order valence-electron chi connectivity index (χ2n) is 2.64. The second kappa shape index (κ2) is 2.77. The van der Waals surface area contributed by atoms with Crippen molar-refractivity contribution in [3.05, 3.63) is 36.1 Å². The van der Waals surface area contributed by atoms with Crippen LogP contribution in [0.5, 0.6) is 0 Å². The number of carbonyl (C=O) groups is 1. The Morgan fingerprint density at radius 2 is 2.33 bits per heavy atom. The van der Waals surface area contributed by atoms with Gasteiger partial charge in [0.25, 0.3) is 5.91 Å². The van der Waals surface area contributed by atoms with Gasteiger partial charge in [0, 0.05) is 6.20 Å². The van der Waals surface area contributed by atoms with Gasteiger partial charge in [0.2, 0.25) is 0 Å². The molecule has 0 aromatic heterocycles. The first-order valence-electron chi connectivity index (χ1n) is 3.75. The van der Waals surface area contributed by atoms with Crippen LogP contribution in [0.1, 0.15) is 0 Å². The summed E-state index contributed by atoms with van der Waals surface area (Å²) >= 11 is 0. The molecule has 2 rings (SSSR count). The van der Waals surface area contributed by atoms with Crippen LogP contribution in [0.15, 0.2) is 41.1 Å². The molecule has 12 heavy (non-hydrogen) atoms. The highest BCUT2D eigenvalue weighted by atomic mass is 16.1. The van der Waals surface area contributed by atoms with E-state index in [0.29, 0.717) is 0 Å². The topological polar surface area (TPSA) is 41.5 Å². The molecule has 0 bridgehead atoms. The van der Waals surface area contributed by atoms with Gasteiger partial charge < -0.3 is 5.32 Å². The minimum atomic E-state index is -0.147. The smallest absolute Gasteiger partial charge is 0.263 e. The van der Waals surface area contributed by atoms with Crippen LogP contribution in [0.3, 0.4) is 0 Å². The molecule has 3 heteroatoms. The van der Waals surface area contributed by atoms with Gasteiger partial charge in [-0.25, -0.2) is 0 Å². The predicted octanol–water partition coefficient (Wildman–Crippen LogP) is 0.565. The quantitative estimate of drug-likeness (QED) is 0.553. The van der Waals surface area contributed by atoms with Crippen molar-refractivity contribution >= 4 is 12.1 Å². The third-order valence-electron chi connectivity index (χ3n) is 1.78. The highest BCUT2D eigenvalue weighted by molar-refractivity contribution is 6.26. The standard InChI is InChI=1S/C9H8N2O/c12-9-6-10-5-7-3-1-2-4-8(7)11-9/h1-6,8H,(H,11,12). The van der Waals surface area contributed by atoms with Gasteiger partial charge in [-0.2, -0.15) is 0 Å². The molecule has 0 spiro atoms. The largest absolute Gasteiger partial charge is 0.341 e. The number of rotatable bonds is 0. The molecule has 1 heterocycles. The van der Waals surface area contributed by atoms with Crippen LogP contribution in [0.25, 0.3) is 0 Å². The molecule has 1 atom stereocenters. The molecule has 1 aliphatic carbocycles. The average molecular weight is 160 g/mol. The number of nitrogens with zero attached hydrogens (tertiary/aromatic N) is 1. The van der Waals surface area contributed by atoms with Gasteiger partial charge >= 0.3 is 0 Å². The van der Waals surface area contributed by atoms with Gasteiger partial charge in [0.15, 0.2) is 0 Å². The summed E-state index contributed by atoms with van der Waals surface area (Å²) in [7, 11) is 0. The van der Waals surface area contributed by atoms with Crippen molar-refractivity contribution in [1.29, 1.82) is 0 Å². The van der Waals surface area contributed by atoms with Gasteiger partial charge in [-0.3, -0.25) is 9.79 Å². The van der Waals surface area contributed by atoms with Crippen LogP contribution >= 0.6 is 0 Å². The summed E-state index contributed by atoms with van der Waals surface area (Å²) in [4.78, 5) is 14.8. The third kappa shape index (κ3) is 1.21. The van der Waals surface area contributed by atoms with Crippen molar-refractivity contribution in [2.75, 3.05) is 0 Å². The molecule has 1 amide bonds. The van der Waals surface area contributed by atoms with Crippen molar-refractivity contribution in [3.63, 3.8) is 0 Å². The molecule has 0 saturated carbocycles. The summed E-state index contributed by atoms with van der Waals surface area (Å²) in [5, 5.41) is 2.79. The number of amides is 1. The van der Waals surface area contributed by atoms with E-state index in [2.05, 4.69) is 10.3 Å². The van der Waals surface area contributed by atoms with Crippen LogP contribution in [-0.2, 0) is 4.79 Å². The van der Waals surface area contributed by atoms with Crippen molar-refractivity contribution in [2.24, 2.45) is 4.99 Å². The molecule has 0 aromatic carbocycles. The summed E-state index contributed by atoms with van der Waals surface area (Å²) < 4.78 is 0. The van der Waals surface area contributed by atoms with Crippen LogP contribution in [-0.4, -0.2) is 18.2 Å². The molecule has 0 radical (unpaired) electrons. The lowest BCUT2D eigenvalue weighted by Crippen LogP contribution is -2.34. The van der Waals surface area contributed by atoms with E-state index in [9.17, 15) is 4.79 Å². The Hall–Kier alpha value is -1.64. The Morgan fingerprint density at radius 1 is 1.42 bits per heavy atom. The normalized spacial score (nSPS) is 25.8. The number of fused-ring (bicyclic) bond motifs is 1. The lowest BCUT2D eigenvalue weighted by atomic mass is 10.0. The van der Waals surface area contributed by atoms with Crippen molar-refractivity contribution < 1.29 is 4.79 Å². The molecule has 1 N–H and O–H groups in total. The Kier molecular flexibility index (Phi) is 1.63. The Bertz CT molecular complexity index is 323. The fourth-order valence-corrected chi connectivity index (χ4v) is 1.19. The maximum absolute atomic E-state index is 11.0. The van der Waals surface area contributed by atoms with Gasteiger partial charge in [-0.15, -0.1) is 0 Å². The van der Waals surface area contributed by atoms with Crippen LogP contribution < -0.4 is 5.32 Å². The SMILES string of the molecule is O=C1C=NC=C2C=CC=CC2N1. The van der Waals surface area contributed by atoms with Gasteiger partial charge in [-0.1, -0.05) is 24.3 Å². The fourth-order valence-electron chi connectivity index (χ4n) is 1.19. The molecule has 1 aliphatic heterocycles. The fraction of sp³-hybridized carbons (Fsp3) is 0.111. The van der Waals surface area contributed by atoms with E-state index in [1.165, 1.54) is 6.21 Å². The molecular weight excluding hydrogens is 152 g/mol. The number of hydrogen-bond donors (Lipinski definition) is 1. The minimum Gasteiger partial charge on any atom is -0.341 e. The Labute approximate surface area is 70.2 Å². The zero-order valence-electron chi connectivity index (χ0n) is 6.40. The number of hydrogen-bond acceptors (Lipinski definition) is 2. The Balaban J connectivity index is 2.31. The summed E-state index contributed by atoms with van der Waals surface area (Å²) in [6, 6.07) is -0.00926. The monoisotopic (exact) mass is 160 g/mol. The van der Waals surface area contributed by atoms with E-state index < -0.39 is 0 Å². The summed E-state index contributed by atoms with van der Waals surface area (Å²) in [6.07, 6.45) is 10.7. The van der Waals surface area contributed by atoms with Gasteiger partial charge in [0.05, 0.1) is 12.3 Å². The van der Waals surface area contributed by atoms with Gasteiger partial charge in [0.1, 0.15) is 0 Å². The molecule has 1 unspecified atom stereocenters. The lowest BCUT2D eigenvalue weighted by Gasteiger charge is -2.14. The maximum Gasteiger partial charge on any atom is 0.263 e. The van der Waals surface area contributed by atoms with Crippen molar-refractivity contribution in [1.82, 2.24) is 5.32 Å². The summed E-state index contributed by atoms with van der Waals surface area (Å²) in [6.45, 7) is 0. The summed E-state index contributed by atoms with van der Waals surface area (Å²) in [5.74, 6) is -0.147. The molecule has 0 aromatic rings. The van der Waals surface area contributed by atoms with Crippen molar-refractivity contribution in [3.8, 4) is 0 Å². The van der Waals surface area contributed by atoms with E-state index in [1.807, 2.05) is 24.3 Å². The van der Waals surface area contributed by atoms with E-state index in [1.54, 1.807) is 6.20 Å². The average Bonchev–Trinajstić information content (AvgIpc) is 2.25. The number of nitrogens with one attached hydrogen (secondary N) is 1. The number of allylic oxidation sites excluding steroid dienone is 2. The highest BCUT2D eigenvalue weighted by Crippen LogP contribution is 2.12. The van der Waals surface area contributed by atoms with E-state index in [4.69, 9.17) is 0 Å². The molecular formula is C9H8N2O. The molecule has 2 aliphatic rings. The van der Waals surface area contributed by atoms with Crippen LogP contribution in [0.4, 0.5) is 0 Å². The molecule has 3 nitrogen and oxygen atoms in total. The van der Waals surface area contributed by atoms with E-state index in [-0.39, 0.29) is 11.9 Å². The van der Waals surface area contributed by atoms with Crippen molar-refractivity contribution in [2.45, 2.75) is 6.04 Å². The lowest BCUT2D eigenvalue weighted by molar-refractivity contribution is -0.114. The molecule has 0 saturated heterocycles. The Morgan fingerprint density at radius 3 is 3.25 bits per heavy atom. The maximum atomic E-state index is 11.0. The molecule has 60 valence electrons. The van der Waals surface area contributed by atoms with Crippen LogP contribution in [0, 0.1) is 0 Å². The minimum absolute atomic E-state index is 0.00926. The van der Waals surface area contributed by atoms with Crippen LogP contribution in [0.2, 0.25) is 0 Å². The molecule has 0 fully saturated rings. The predicted molar refractivity (Wildman–Crippen MR) is 46.8 cm³/mol. The first-order valence-corrected chi connectivity index (χ1v) is 3.75. The van der Waals surface area contributed by atoms with E-state index >= 15 is 0 Å². The number of carbonyl (C=O) groups excluding carboxylic acids is 1. The zero-order chi connectivity index (χ0) is 8.39. The zero-order valence-corrected chi connectivity index (χ0v) is 6.40. The first-order chi connectivity index (χ1) is 5.86. The van der Waals surface area contributed by atoms with E-state index in [0.717, 1.165) is 5.57 Å². The number of aliphatic imine (C=N–C) groups is 1. The highest BCUT2D eigenvalue weighted by Gasteiger charge is 2.14. The van der Waals surface area contributed by atoms with Gasteiger partial charge in [-0.05, 0) is 5.57 Å². The third-order valence-corrected chi connectivity index (χ3v) is 1.78. The first kappa shape index (κ1) is 7.03.